The highest BCUT2D eigenvalue weighted by Gasteiger charge is 2.50. The van der Waals surface area contributed by atoms with E-state index in [2.05, 4.69) is 5.32 Å². The molecule has 2 aromatic carbocycles. The molecule has 1 aliphatic rings. The van der Waals surface area contributed by atoms with Crippen LogP contribution < -0.4 is 15.7 Å². The largest absolute Gasteiger partial charge is 0.462 e. The number of nitrogens with one attached hydrogen (secondary N) is 1. The van der Waals surface area contributed by atoms with Gasteiger partial charge in [-0.25, -0.2) is 4.79 Å². The van der Waals surface area contributed by atoms with Gasteiger partial charge in [-0.05, 0) is 51.1 Å². The number of methoxy groups -OCH3 is 1. The van der Waals surface area contributed by atoms with Crippen molar-refractivity contribution >= 4 is 22.6 Å². The van der Waals surface area contributed by atoms with Crippen molar-refractivity contribution in [2.45, 2.75) is 51.0 Å². The Morgan fingerprint density at radius 3 is 2.47 bits per heavy atom. The molecule has 180 valence electrons. The highest BCUT2D eigenvalue weighted by atomic mass is 16.7. The van der Waals surface area contributed by atoms with Crippen LogP contribution in [0.3, 0.4) is 0 Å². The number of fused-ring (bicyclic) bond motifs is 1. The molecule has 2 heterocycles. The number of amides is 1. The van der Waals surface area contributed by atoms with Crippen molar-refractivity contribution in [2.24, 2.45) is 0 Å². The average molecular weight is 469 g/mol. The second kappa shape index (κ2) is 9.19. The van der Waals surface area contributed by atoms with Gasteiger partial charge in [0.2, 0.25) is 6.29 Å². The fourth-order valence-electron chi connectivity index (χ4n) is 4.13. The van der Waals surface area contributed by atoms with Gasteiger partial charge in [0.05, 0.1) is 5.60 Å². The second-order valence-corrected chi connectivity index (χ2v) is 8.72. The van der Waals surface area contributed by atoms with Crippen molar-refractivity contribution in [2.75, 3.05) is 12.4 Å². The third kappa shape index (κ3) is 4.43. The SMILES string of the molecule is COC1C(O)[C@H](O)[C@H](Oc2ccc3cc(NC(=O)c4ccccc4)c(=O)oc3c2C)OC1(C)C. The van der Waals surface area contributed by atoms with Crippen LogP contribution in [0.1, 0.15) is 29.8 Å². The van der Waals surface area contributed by atoms with E-state index in [1.54, 1.807) is 63.2 Å². The minimum absolute atomic E-state index is 0.0101. The van der Waals surface area contributed by atoms with E-state index in [9.17, 15) is 19.8 Å². The number of carbonyl (C=O) groups is 1. The number of aliphatic hydroxyl groups excluding tert-OH is 2. The quantitative estimate of drug-likeness (QED) is 0.487. The van der Waals surface area contributed by atoms with Crippen LogP contribution in [0, 0.1) is 6.92 Å². The van der Waals surface area contributed by atoms with Crippen molar-refractivity contribution in [3.05, 3.63) is 70.1 Å². The van der Waals surface area contributed by atoms with Gasteiger partial charge >= 0.3 is 5.63 Å². The molecule has 1 aromatic heterocycles. The predicted molar refractivity (Wildman–Crippen MR) is 124 cm³/mol. The molecular formula is C25H27NO8. The zero-order valence-electron chi connectivity index (χ0n) is 19.3. The van der Waals surface area contributed by atoms with Gasteiger partial charge in [-0.1, -0.05) is 18.2 Å². The molecule has 0 spiro atoms. The van der Waals surface area contributed by atoms with Gasteiger partial charge < -0.3 is 34.2 Å². The smallest absolute Gasteiger partial charge is 0.360 e. The van der Waals surface area contributed by atoms with E-state index in [1.165, 1.54) is 13.2 Å². The van der Waals surface area contributed by atoms with Crippen molar-refractivity contribution < 1.29 is 33.6 Å². The van der Waals surface area contributed by atoms with Crippen molar-refractivity contribution in [1.29, 1.82) is 0 Å². The molecule has 9 heteroatoms. The Labute approximate surface area is 195 Å². The van der Waals surface area contributed by atoms with Gasteiger partial charge in [0.1, 0.15) is 35.3 Å². The summed E-state index contributed by atoms with van der Waals surface area (Å²) in [6.07, 6.45) is -4.52. The van der Waals surface area contributed by atoms with Crippen LogP contribution in [0.2, 0.25) is 0 Å². The summed E-state index contributed by atoms with van der Waals surface area (Å²) in [7, 11) is 1.43. The van der Waals surface area contributed by atoms with Gasteiger partial charge in [-0.3, -0.25) is 4.79 Å². The number of ether oxygens (including phenoxy) is 3. The van der Waals surface area contributed by atoms with Crippen LogP contribution in [-0.4, -0.2) is 53.4 Å². The topological polar surface area (TPSA) is 127 Å². The Kier molecular flexibility index (Phi) is 6.46. The van der Waals surface area contributed by atoms with Crippen molar-refractivity contribution in [3.8, 4) is 5.75 Å². The standard InChI is InChI=1S/C25H27NO8/c1-13-17(32-24-19(28)18(27)21(31-4)25(2,3)34-24)11-10-15-12-16(23(30)33-20(13)15)26-22(29)14-8-6-5-7-9-14/h5-12,18-19,21,24,27-28H,1-4H3,(H,26,29)/t18?,19-,21?,24+/m0/s1. The summed E-state index contributed by atoms with van der Waals surface area (Å²) >= 11 is 0. The van der Waals surface area contributed by atoms with E-state index >= 15 is 0 Å². The zero-order chi connectivity index (χ0) is 24.6. The number of hydrogen-bond donors (Lipinski definition) is 3. The molecule has 4 rings (SSSR count). The average Bonchev–Trinajstić information content (AvgIpc) is 2.80. The summed E-state index contributed by atoms with van der Waals surface area (Å²) in [6.45, 7) is 5.14. The summed E-state index contributed by atoms with van der Waals surface area (Å²) in [4.78, 5) is 25.0. The number of rotatable bonds is 5. The van der Waals surface area contributed by atoms with Crippen molar-refractivity contribution in [1.82, 2.24) is 0 Å². The third-order valence-electron chi connectivity index (χ3n) is 5.93. The Morgan fingerprint density at radius 2 is 1.79 bits per heavy atom. The summed E-state index contributed by atoms with van der Waals surface area (Å²) < 4.78 is 22.5. The molecule has 0 saturated carbocycles. The fraction of sp³-hybridized carbons (Fsp3) is 0.360. The van der Waals surface area contributed by atoms with Gasteiger partial charge in [-0.2, -0.15) is 0 Å². The maximum atomic E-state index is 12.6. The molecule has 3 N–H and O–H groups in total. The van der Waals surface area contributed by atoms with Gasteiger partial charge in [0.15, 0.2) is 0 Å². The monoisotopic (exact) mass is 469 g/mol. The lowest BCUT2D eigenvalue weighted by Crippen LogP contribution is -2.63. The van der Waals surface area contributed by atoms with Gasteiger partial charge in [-0.15, -0.1) is 0 Å². The molecule has 4 atom stereocenters. The molecular weight excluding hydrogens is 442 g/mol. The molecule has 0 aliphatic carbocycles. The first-order valence-electron chi connectivity index (χ1n) is 10.8. The summed E-state index contributed by atoms with van der Waals surface area (Å²) in [5.74, 6) is -0.123. The Balaban J connectivity index is 1.60. The van der Waals surface area contributed by atoms with E-state index in [4.69, 9.17) is 18.6 Å². The maximum Gasteiger partial charge on any atom is 0.360 e. The molecule has 9 nitrogen and oxygen atoms in total. The Hall–Kier alpha value is -3.24. The Morgan fingerprint density at radius 1 is 1.09 bits per heavy atom. The minimum Gasteiger partial charge on any atom is -0.462 e. The van der Waals surface area contributed by atoms with Gasteiger partial charge in [0, 0.05) is 23.6 Å². The maximum absolute atomic E-state index is 12.6. The Bertz CT molecular complexity index is 1250. The van der Waals surface area contributed by atoms with Crippen molar-refractivity contribution in [3.63, 3.8) is 0 Å². The summed E-state index contributed by atoms with van der Waals surface area (Å²) in [6, 6.07) is 13.3. The lowest BCUT2D eigenvalue weighted by atomic mass is 9.89. The molecule has 0 bridgehead atoms. The predicted octanol–water partition coefficient (Wildman–Crippen LogP) is 2.60. The number of aryl methyl sites for hydroxylation is 1. The van der Waals surface area contributed by atoms with E-state index in [-0.39, 0.29) is 11.3 Å². The lowest BCUT2D eigenvalue weighted by Gasteiger charge is -2.46. The van der Waals surface area contributed by atoms with Crippen LogP contribution in [0.25, 0.3) is 11.0 Å². The number of hydrogen-bond acceptors (Lipinski definition) is 8. The highest BCUT2D eigenvalue weighted by Crippen LogP contribution is 2.35. The first kappa shape index (κ1) is 23.9. The molecule has 1 saturated heterocycles. The second-order valence-electron chi connectivity index (χ2n) is 8.72. The van der Waals surface area contributed by atoms with E-state index in [0.717, 1.165) is 0 Å². The number of carbonyl (C=O) groups excluding carboxylic acids is 1. The first-order valence-corrected chi connectivity index (χ1v) is 10.8. The van der Waals surface area contributed by atoms with E-state index < -0.39 is 41.7 Å². The highest BCUT2D eigenvalue weighted by molar-refractivity contribution is 6.04. The lowest BCUT2D eigenvalue weighted by molar-refractivity contribution is -0.306. The molecule has 3 aromatic rings. The number of benzene rings is 2. The van der Waals surface area contributed by atoms with Gasteiger partial charge in [0.25, 0.3) is 5.91 Å². The first-order chi connectivity index (χ1) is 16.1. The number of anilines is 1. The van der Waals surface area contributed by atoms with E-state index in [1.807, 2.05) is 0 Å². The van der Waals surface area contributed by atoms with Crippen LogP contribution in [0.4, 0.5) is 5.69 Å². The van der Waals surface area contributed by atoms with Crippen LogP contribution in [-0.2, 0) is 9.47 Å². The molecule has 1 aliphatic heterocycles. The molecule has 2 unspecified atom stereocenters. The summed E-state index contributed by atoms with van der Waals surface area (Å²) in [5.41, 5.74) is -0.468. The van der Waals surface area contributed by atoms with Crippen LogP contribution in [0.15, 0.2) is 57.7 Å². The zero-order valence-corrected chi connectivity index (χ0v) is 19.3. The molecule has 34 heavy (non-hydrogen) atoms. The molecule has 1 amide bonds. The number of aliphatic hydroxyl groups is 2. The third-order valence-corrected chi connectivity index (χ3v) is 5.93. The molecule has 0 radical (unpaired) electrons. The summed E-state index contributed by atoms with van der Waals surface area (Å²) in [5, 5.41) is 24.1. The van der Waals surface area contributed by atoms with Crippen LogP contribution in [0.5, 0.6) is 5.75 Å². The van der Waals surface area contributed by atoms with E-state index in [0.29, 0.717) is 22.3 Å². The van der Waals surface area contributed by atoms with Crippen LogP contribution >= 0.6 is 0 Å². The fourth-order valence-corrected chi connectivity index (χ4v) is 4.13. The normalized spacial score (nSPS) is 24.1. The molecule has 1 fully saturated rings. The minimum atomic E-state index is -1.37.